The number of imide groups is 1. The highest BCUT2D eigenvalue weighted by atomic mass is 32.1. The van der Waals surface area contributed by atoms with Crippen LogP contribution in [0, 0.1) is 6.92 Å². The van der Waals surface area contributed by atoms with E-state index in [1.54, 1.807) is 54.5 Å². The van der Waals surface area contributed by atoms with Gasteiger partial charge in [-0.3, -0.25) is 0 Å². The highest BCUT2D eigenvalue weighted by molar-refractivity contribution is 7.09. The number of hydrogen-bond acceptors (Lipinski definition) is 7. The Morgan fingerprint density at radius 3 is 2.00 bits per heavy atom. The van der Waals surface area contributed by atoms with Crippen molar-refractivity contribution >= 4 is 35.9 Å². The van der Waals surface area contributed by atoms with Crippen molar-refractivity contribution in [3.05, 3.63) is 21.7 Å². The summed E-state index contributed by atoms with van der Waals surface area (Å²) in [5.74, 6) is 0. The Balaban J connectivity index is 3.33. The number of carbonyl (C=O) groups excluding carboxylic acids is 3. The van der Waals surface area contributed by atoms with Crippen LogP contribution in [0.3, 0.4) is 0 Å². The topological polar surface area (TPSA) is 85.8 Å². The Morgan fingerprint density at radius 1 is 1.14 bits per heavy atom. The molecular weight excluding hydrogens is 380 g/mol. The first-order chi connectivity index (χ1) is 12.7. The fourth-order valence-corrected chi connectivity index (χ4v) is 2.88. The molecule has 156 valence electrons. The SMILES string of the molecule is C/C(=C\c1csc(C)n1)[C@H](CC=O)N(C(=O)OC(C)(C)C)C(=O)OC(C)(C)C. The van der Waals surface area contributed by atoms with Gasteiger partial charge < -0.3 is 14.3 Å². The van der Waals surface area contributed by atoms with Crippen molar-refractivity contribution in [2.24, 2.45) is 0 Å². The van der Waals surface area contributed by atoms with Crippen LogP contribution < -0.4 is 0 Å². The third-order valence-electron chi connectivity index (χ3n) is 3.35. The van der Waals surface area contributed by atoms with E-state index in [1.807, 2.05) is 12.3 Å². The molecule has 1 aromatic heterocycles. The van der Waals surface area contributed by atoms with Crippen molar-refractivity contribution in [2.75, 3.05) is 0 Å². The van der Waals surface area contributed by atoms with Crippen molar-refractivity contribution in [3.8, 4) is 0 Å². The van der Waals surface area contributed by atoms with Gasteiger partial charge in [-0.1, -0.05) is 0 Å². The number of hydrogen-bond donors (Lipinski definition) is 0. The van der Waals surface area contributed by atoms with E-state index in [-0.39, 0.29) is 6.42 Å². The van der Waals surface area contributed by atoms with Crippen molar-refractivity contribution in [1.82, 2.24) is 9.88 Å². The zero-order valence-corrected chi connectivity index (χ0v) is 18.7. The van der Waals surface area contributed by atoms with E-state index in [4.69, 9.17) is 9.47 Å². The van der Waals surface area contributed by atoms with Gasteiger partial charge in [0, 0.05) is 11.8 Å². The Hall–Kier alpha value is -2.22. The largest absolute Gasteiger partial charge is 0.443 e. The van der Waals surface area contributed by atoms with E-state index in [0.717, 1.165) is 9.91 Å². The lowest BCUT2D eigenvalue weighted by molar-refractivity contribution is -0.108. The van der Waals surface area contributed by atoms with Crippen molar-refractivity contribution in [3.63, 3.8) is 0 Å². The number of aldehydes is 1. The van der Waals surface area contributed by atoms with E-state index >= 15 is 0 Å². The minimum absolute atomic E-state index is 0.0794. The molecule has 0 aliphatic carbocycles. The summed E-state index contributed by atoms with van der Waals surface area (Å²) >= 11 is 1.49. The molecule has 0 unspecified atom stereocenters. The number of rotatable bonds is 5. The summed E-state index contributed by atoms with van der Waals surface area (Å²) in [5.41, 5.74) is -0.308. The molecule has 0 N–H and O–H groups in total. The number of thiazole rings is 1. The monoisotopic (exact) mass is 410 g/mol. The zero-order valence-electron chi connectivity index (χ0n) is 17.9. The molecule has 0 bridgehead atoms. The molecule has 1 rings (SSSR count). The summed E-state index contributed by atoms with van der Waals surface area (Å²) in [6.07, 6.45) is 0.603. The molecule has 0 aliphatic heterocycles. The van der Waals surface area contributed by atoms with Gasteiger partial charge in [0.2, 0.25) is 0 Å². The fourth-order valence-electron chi connectivity index (χ4n) is 2.31. The summed E-state index contributed by atoms with van der Waals surface area (Å²) in [6, 6.07) is -0.843. The normalized spacial score (nSPS) is 13.6. The summed E-state index contributed by atoms with van der Waals surface area (Å²) in [4.78, 5) is 42.2. The highest BCUT2D eigenvalue weighted by Crippen LogP contribution is 2.23. The van der Waals surface area contributed by atoms with Gasteiger partial charge in [-0.05, 0) is 67.0 Å². The van der Waals surface area contributed by atoms with Gasteiger partial charge in [0.15, 0.2) is 0 Å². The Morgan fingerprint density at radius 2 is 1.64 bits per heavy atom. The number of amides is 2. The van der Waals surface area contributed by atoms with E-state index in [9.17, 15) is 14.4 Å². The van der Waals surface area contributed by atoms with Crippen LogP contribution in [0.15, 0.2) is 11.0 Å². The van der Waals surface area contributed by atoms with Gasteiger partial charge in [0.05, 0.1) is 16.7 Å². The predicted octanol–water partition coefficient (Wildman–Crippen LogP) is 4.98. The van der Waals surface area contributed by atoms with Crippen LogP contribution in [0.4, 0.5) is 9.59 Å². The maximum atomic E-state index is 12.8. The van der Waals surface area contributed by atoms with E-state index in [2.05, 4.69) is 4.98 Å². The zero-order chi connectivity index (χ0) is 21.7. The molecule has 1 atom stereocenters. The lowest BCUT2D eigenvalue weighted by Gasteiger charge is -2.33. The molecule has 0 aromatic carbocycles. The molecule has 0 spiro atoms. The Bertz CT molecular complexity index is 713. The third kappa shape index (κ3) is 7.80. The third-order valence-corrected chi connectivity index (χ3v) is 4.14. The second kappa shape index (κ2) is 9.32. The van der Waals surface area contributed by atoms with Crippen LogP contribution in [0.25, 0.3) is 6.08 Å². The molecule has 7 nitrogen and oxygen atoms in total. The second-order valence-corrected chi connectivity index (χ2v) is 9.49. The first kappa shape index (κ1) is 23.8. The van der Waals surface area contributed by atoms with Crippen LogP contribution in [0.5, 0.6) is 0 Å². The predicted molar refractivity (Wildman–Crippen MR) is 109 cm³/mol. The quantitative estimate of drug-likeness (QED) is 0.636. The molecule has 0 radical (unpaired) electrons. The van der Waals surface area contributed by atoms with Gasteiger partial charge in [-0.2, -0.15) is 0 Å². The number of nitrogens with zero attached hydrogens (tertiary/aromatic N) is 2. The van der Waals surface area contributed by atoms with Gasteiger partial charge in [0.25, 0.3) is 0 Å². The fraction of sp³-hybridized carbons (Fsp3) is 0.600. The number of carbonyl (C=O) groups is 3. The second-order valence-electron chi connectivity index (χ2n) is 8.43. The summed E-state index contributed by atoms with van der Waals surface area (Å²) in [7, 11) is 0. The maximum absolute atomic E-state index is 12.8. The van der Waals surface area contributed by atoms with Crippen LogP contribution in [0.1, 0.15) is 65.6 Å². The van der Waals surface area contributed by atoms with Crippen LogP contribution in [-0.2, 0) is 14.3 Å². The smallest absolute Gasteiger partial charge is 0.420 e. The molecule has 0 aliphatic rings. The first-order valence-corrected chi connectivity index (χ1v) is 9.90. The number of aryl methyl sites for hydroxylation is 1. The average molecular weight is 411 g/mol. The Labute approximate surface area is 170 Å². The molecule has 8 heteroatoms. The summed E-state index contributed by atoms with van der Waals surface area (Å²) < 4.78 is 10.8. The van der Waals surface area contributed by atoms with Crippen molar-refractivity contribution in [1.29, 1.82) is 0 Å². The lowest BCUT2D eigenvalue weighted by atomic mass is 10.0. The summed E-state index contributed by atoms with van der Waals surface area (Å²) in [5, 5.41) is 2.75. The van der Waals surface area contributed by atoms with Gasteiger partial charge in [0.1, 0.15) is 17.5 Å². The van der Waals surface area contributed by atoms with Gasteiger partial charge >= 0.3 is 12.2 Å². The molecule has 0 fully saturated rings. The van der Waals surface area contributed by atoms with E-state index in [0.29, 0.717) is 17.6 Å². The number of ether oxygens (including phenoxy) is 2. The lowest BCUT2D eigenvalue weighted by Crippen LogP contribution is -2.49. The van der Waals surface area contributed by atoms with Crippen LogP contribution in [0.2, 0.25) is 0 Å². The van der Waals surface area contributed by atoms with Crippen molar-refractivity contribution in [2.45, 2.75) is 79.1 Å². The van der Waals surface area contributed by atoms with E-state index < -0.39 is 29.4 Å². The van der Waals surface area contributed by atoms with Crippen LogP contribution >= 0.6 is 11.3 Å². The molecule has 0 saturated carbocycles. The maximum Gasteiger partial charge on any atom is 0.420 e. The van der Waals surface area contributed by atoms with Gasteiger partial charge in [-0.15, -0.1) is 11.3 Å². The summed E-state index contributed by atoms with van der Waals surface area (Å²) in [6.45, 7) is 13.8. The minimum Gasteiger partial charge on any atom is -0.443 e. The molecule has 1 aromatic rings. The van der Waals surface area contributed by atoms with E-state index in [1.165, 1.54) is 11.3 Å². The molecule has 2 amide bonds. The first-order valence-electron chi connectivity index (χ1n) is 9.02. The van der Waals surface area contributed by atoms with Crippen LogP contribution in [-0.4, -0.2) is 45.6 Å². The molecular formula is C20H30N2O5S. The molecule has 1 heterocycles. The molecule has 28 heavy (non-hydrogen) atoms. The molecule has 0 saturated heterocycles. The Kier molecular flexibility index (Phi) is 7.93. The minimum atomic E-state index is -0.865. The highest BCUT2D eigenvalue weighted by Gasteiger charge is 2.37. The number of aromatic nitrogens is 1. The standard InChI is InChI=1S/C20H30N2O5S/c1-13(11-15-12-28-14(2)21-15)16(9-10-23)22(17(24)26-19(3,4)5)18(25)27-20(6,7)8/h10-12,16H,9H2,1-8H3/b13-11+/t16-/m0/s1. The van der Waals surface area contributed by atoms with Gasteiger partial charge in [-0.25, -0.2) is 19.5 Å². The average Bonchev–Trinajstić information content (AvgIpc) is 2.88. The van der Waals surface area contributed by atoms with Crippen molar-refractivity contribution < 1.29 is 23.9 Å².